The fourth-order valence-electron chi connectivity index (χ4n) is 9.35. The predicted molar refractivity (Wildman–Crippen MR) is 166 cm³/mol. The number of alkyl halides is 1. The number of rotatable bonds is 13. The van der Waals surface area contributed by atoms with Gasteiger partial charge in [0.2, 0.25) is 11.7 Å². The fraction of sp³-hybridized carbons (Fsp3) is 0.735. The van der Waals surface area contributed by atoms with Crippen molar-refractivity contribution in [3.8, 4) is 0 Å². The molecule has 9 atom stereocenters. The van der Waals surface area contributed by atoms with E-state index in [0.29, 0.717) is 24.8 Å². The van der Waals surface area contributed by atoms with Gasteiger partial charge in [-0.3, -0.25) is 34.4 Å². The van der Waals surface area contributed by atoms with E-state index in [1.807, 2.05) is 0 Å². The van der Waals surface area contributed by atoms with Gasteiger partial charge in [0, 0.05) is 23.7 Å². The first-order valence-electron chi connectivity index (χ1n) is 16.9. The monoisotopic (exact) mass is 710 g/mol. The molecule has 0 aromatic heterocycles. The molecule has 4 fully saturated rings. The summed E-state index contributed by atoms with van der Waals surface area (Å²) in [5.74, 6) is -5.79. The van der Waals surface area contributed by atoms with Crippen LogP contribution in [0.5, 0.6) is 0 Å². The van der Waals surface area contributed by atoms with Crippen molar-refractivity contribution in [3.63, 3.8) is 0 Å². The highest BCUT2D eigenvalue weighted by atomic mass is 19.1. The zero-order valence-corrected chi connectivity index (χ0v) is 28.9. The number of aliphatic hydroxyl groups is 1. The minimum absolute atomic E-state index is 0.0699. The number of nitrogens with one attached hydrogen (secondary N) is 1. The molecule has 1 unspecified atom stereocenters. The van der Waals surface area contributed by atoms with Gasteiger partial charge in [-0.25, -0.2) is 9.18 Å². The van der Waals surface area contributed by atoms with Gasteiger partial charge in [-0.1, -0.05) is 18.6 Å². The number of carbonyl (C=O) groups excluding carboxylic acids is 5. The van der Waals surface area contributed by atoms with Gasteiger partial charge in [0.05, 0.1) is 37.2 Å². The zero-order valence-electron chi connectivity index (χ0n) is 28.9. The Morgan fingerprint density at radius 3 is 2.48 bits per heavy atom. The maximum atomic E-state index is 17.6. The van der Waals surface area contributed by atoms with Crippen molar-refractivity contribution in [2.45, 2.75) is 115 Å². The van der Waals surface area contributed by atoms with E-state index < -0.39 is 100 Å². The number of allylic oxidation sites excluding steroid dienone is 4. The summed E-state index contributed by atoms with van der Waals surface area (Å²) in [4.78, 5) is 68.4. The molecule has 1 heterocycles. The highest BCUT2D eigenvalue weighted by molar-refractivity contribution is 6.01. The van der Waals surface area contributed by atoms with E-state index >= 15 is 4.39 Å². The summed E-state index contributed by atoms with van der Waals surface area (Å²) in [6, 6.07) is -1.41. The number of ether oxygens (including phenoxy) is 4. The molecule has 0 aromatic rings. The summed E-state index contributed by atoms with van der Waals surface area (Å²) in [7, 11) is 0. The van der Waals surface area contributed by atoms with Crippen LogP contribution in [0.1, 0.15) is 79.6 Å². The maximum Gasteiger partial charge on any atom is 0.329 e. The zero-order chi connectivity index (χ0) is 36.9. The molecule has 4 N–H and O–H groups in total. The number of hydrogen-bond donors (Lipinski definition) is 4. The van der Waals surface area contributed by atoms with Gasteiger partial charge < -0.3 is 29.4 Å². The first-order chi connectivity index (χ1) is 23.3. The Hall–Kier alpha value is -3.12. The van der Waals surface area contributed by atoms with Crippen LogP contribution in [0.25, 0.3) is 0 Å². The second kappa shape index (κ2) is 13.8. The van der Waals surface area contributed by atoms with Crippen molar-refractivity contribution in [1.29, 1.82) is 0 Å². The molecular weight excluding hydrogens is 663 g/mol. The lowest BCUT2D eigenvalue weighted by Crippen LogP contribution is -2.70. The van der Waals surface area contributed by atoms with E-state index in [9.17, 15) is 29.1 Å². The summed E-state index contributed by atoms with van der Waals surface area (Å²) in [6.07, 6.45) is 2.77. The van der Waals surface area contributed by atoms with E-state index in [1.54, 1.807) is 33.8 Å². The van der Waals surface area contributed by atoms with Gasteiger partial charge in [-0.15, -0.1) is 0 Å². The molecule has 0 spiro atoms. The van der Waals surface area contributed by atoms with E-state index in [1.165, 1.54) is 12.2 Å². The first kappa shape index (κ1) is 38.1. The molecule has 1 aliphatic heterocycles. The number of unbranched alkanes of at least 4 members (excludes halogenated alkanes) is 1. The van der Waals surface area contributed by atoms with Crippen LogP contribution < -0.4 is 5.32 Å². The van der Waals surface area contributed by atoms with Gasteiger partial charge in [-0.2, -0.15) is 0 Å². The van der Waals surface area contributed by atoms with Crippen molar-refractivity contribution < 1.29 is 67.7 Å². The van der Waals surface area contributed by atoms with E-state index in [-0.39, 0.29) is 38.3 Å². The first-order valence-corrected chi connectivity index (χ1v) is 16.9. The van der Waals surface area contributed by atoms with Crippen LogP contribution in [0.3, 0.4) is 0 Å². The average molecular weight is 711 g/mol. The molecule has 1 amide bonds. The molecule has 4 aliphatic carbocycles. The quantitative estimate of drug-likeness (QED) is 0.123. The number of Topliss-reactive ketones (excluding diaryl/α,β-unsaturated/α-hetero) is 1. The summed E-state index contributed by atoms with van der Waals surface area (Å²) in [5.41, 5.74) is -5.57. The number of nitrogens with zero attached hydrogens (tertiary/aromatic N) is 1. The molecule has 0 bridgehead atoms. The number of esters is 2. The predicted octanol–water partition coefficient (Wildman–Crippen LogP) is 2.20. The molecular formula is C34H47FN2O13. The van der Waals surface area contributed by atoms with Crippen LogP contribution >= 0.6 is 0 Å². The third-order valence-electron chi connectivity index (χ3n) is 11.4. The summed E-state index contributed by atoms with van der Waals surface area (Å²) < 4.78 is 40.9. The summed E-state index contributed by atoms with van der Waals surface area (Å²) in [6.45, 7) is 6.98. The lowest BCUT2D eigenvalue weighted by Gasteiger charge is -2.62. The minimum atomic E-state index is -2.13. The Balaban J connectivity index is 1.30. The van der Waals surface area contributed by atoms with Gasteiger partial charge in [0.15, 0.2) is 29.4 Å². The smallest absolute Gasteiger partial charge is 0.329 e. The SMILES string of the molecule is CC(=O)NC(CC(=O)OCC(=O)[C@@]12OC(C)(C)O[C@@H]1C[C@H]1[C@@H]3CCC4=CC(=O)C=C[C@]4(C)[C@@]3(F)[C@@H](O)C[C@@]12C)C(=O)OCCCCON(O)O. The molecule has 5 rings (SSSR count). The Morgan fingerprint density at radius 1 is 1.10 bits per heavy atom. The third-order valence-corrected chi connectivity index (χ3v) is 11.4. The molecule has 5 aliphatic rings. The number of carbonyl (C=O) groups is 5. The summed E-state index contributed by atoms with van der Waals surface area (Å²) >= 11 is 0. The number of halogens is 1. The number of fused-ring (bicyclic) bond motifs is 7. The van der Waals surface area contributed by atoms with Gasteiger partial charge in [-0.05, 0) is 77.4 Å². The molecule has 15 nitrogen and oxygen atoms in total. The van der Waals surface area contributed by atoms with Crippen molar-refractivity contribution in [3.05, 3.63) is 23.8 Å². The molecule has 0 aromatic carbocycles. The number of hydrogen-bond acceptors (Lipinski definition) is 14. The van der Waals surface area contributed by atoms with E-state index in [4.69, 9.17) is 29.4 Å². The van der Waals surface area contributed by atoms with Gasteiger partial charge in [0.1, 0.15) is 6.04 Å². The fourth-order valence-corrected chi connectivity index (χ4v) is 9.35. The highest BCUT2D eigenvalue weighted by Gasteiger charge is 2.80. The second-order valence-electron chi connectivity index (χ2n) is 14.8. The van der Waals surface area contributed by atoms with Crippen LogP contribution in [0.2, 0.25) is 0 Å². The second-order valence-corrected chi connectivity index (χ2v) is 14.8. The number of ketones is 2. The molecule has 0 radical (unpaired) electrons. The lowest BCUT2D eigenvalue weighted by atomic mass is 9.44. The highest BCUT2D eigenvalue weighted by Crippen LogP contribution is 2.72. The maximum absolute atomic E-state index is 17.6. The molecule has 50 heavy (non-hydrogen) atoms. The topological polar surface area (TPSA) is 207 Å². The Labute approximate surface area is 288 Å². The molecule has 1 saturated heterocycles. The lowest BCUT2D eigenvalue weighted by molar-refractivity contribution is -0.492. The van der Waals surface area contributed by atoms with Crippen molar-refractivity contribution in [2.75, 3.05) is 19.8 Å². The molecule has 3 saturated carbocycles. The normalized spacial score (nSPS) is 37.2. The van der Waals surface area contributed by atoms with Crippen molar-refractivity contribution in [2.24, 2.45) is 22.7 Å². The van der Waals surface area contributed by atoms with E-state index in [0.717, 1.165) is 6.92 Å². The van der Waals surface area contributed by atoms with Crippen LogP contribution in [-0.4, -0.2) is 105 Å². The van der Waals surface area contributed by atoms with Crippen molar-refractivity contribution >= 4 is 29.4 Å². The summed E-state index contributed by atoms with van der Waals surface area (Å²) in [5, 5.41) is 30.7. The Morgan fingerprint density at radius 2 is 1.80 bits per heavy atom. The van der Waals surface area contributed by atoms with Gasteiger partial charge in [0.25, 0.3) is 0 Å². The standard InChI is InChI=1S/C34H47FN2O13/c1-19(38)36-24(29(43)46-12-6-7-13-48-37(44)45)16-28(42)47-18-26(41)34-27(49-30(2,3)50-34)15-23-22-9-8-20-14-21(39)10-11-31(20,4)33(22,35)25(40)17-32(23,34)5/h10-11,14,22-25,27,40,44-45H,6-9,12-13,15-18H2,1-5H3,(H,36,38)/t22-,23-,24?,25-,27+,31-,32-,33-,34+/m0/s1. The van der Waals surface area contributed by atoms with Crippen LogP contribution in [-0.2, 0) is 47.8 Å². The number of amides is 1. The van der Waals surface area contributed by atoms with E-state index in [2.05, 4.69) is 10.2 Å². The van der Waals surface area contributed by atoms with Crippen LogP contribution in [0, 0.1) is 22.7 Å². The molecule has 278 valence electrons. The largest absolute Gasteiger partial charge is 0.464 e. The number of aliphatic hydroxyl groups excluding tert-OH is 1. The minimum Gasteiger partial charge on any atom is -0.464 e. The third kappa shape index (κ3) is 6.44. The Kier molecular flexibility index (Phi) is 10.5. The van der Waals surface area contributed by atoms with Crippen molar-refractivity contribution in [1.82, 2.24) is 10.7 Å². The van der Waals surface area contributed by atoms with Crippen LogP contribution in [0.15, 0.2) is 23.8 Å². The van der Waals surface area contributed by atoms with Gasteiger partial charge >= 0.3 is 11.9 Å². The average Bonchev–Trinajstić information content (AvgIpc) is 3.43. The molecule has 16 heteroatoms. The van der Waals surface area contributed by atoms with Crippen LogP contribution in [0.4, 0.5) is 4.39 Å². The Bertz CT molecular complexity index is 1470.